The van der Waals surface area contributed by atoms with Crippen molar-refractivity contribution in [2.75, 3.05) is 0 Å². The fraction of sp³-hybridized carbons (Fsp3) is 0.200. The van der Waals surface area contributed by atoms with Crippen LogP contribution in [0.4, 0.5) is 0 Å². The van der Waals surface area contributed by atoms with Crippen LogP contribution in [-0.2, 0) is 0 Å². The van der Waals surface area contributed by atoms with Crippen molar-refractivity contribution in [2.24, 2.45) is 11.5 Å². The molecule has 2 nitrogen and oxygen atoms in total. The van der Waals surface area contributed by atoms with Gasteiger partial charge in [-0.25, -0.2) is 0 Å². The predicted molar refractivity (Wildman–Crippen MR) is 54.2 cm³/mol. The molecule has 0 rings (SSSR count). The van der Waals surface area contributed by atoms with Crippen molar-refractivity contribution >= 4 is 0 Å². The maximum Gasteiger partial charge on any atom is 0.0337 e. The third-order valence-corrected chi connectivity index (χ3v) is 1.54. The third-order valence-electron chi connectivity index (χ3n) is 1.54. The van der Waals surface area contributed by atoms with E-state index in [1.165, 1.54) is 0 Å². The van der Waals surface area contributed by atoms with Gasteiger partial charge >= 0.3 is 0 Å². The molecular weight excluding hydrogens is 148 g/mol. The van der Waals surface area contributed by atoms with Gasteiger partial charge in [0.15, 0.2) is 0 Å². The molecule has 0 radical (unpaired) electrons. The number of hydrogen-bond acceptors (Lipinski definition) is 2. The second-order valence-corrected chi connectivity index (χ2v) is 2.53. The molecule has 0 aliphatic rings. The molecule has 0 fully saturated rings. The maximum atomic E-state index is 5.64. The summed E-state index contributed by atoms with van der Waals surface area (Å²) in [5.74, 6) is 0. The molecule has 2 heteroatoms. The fourth-order valence-electron chi connectivity index (χ4n) is 1.03. The zero-order chi connectivity index (χ0) is 9.72. The second-order valence-electron chi connectivity index (χ2n) is 2.53. The van der Waals surface area contributed by atoms with Gasteiger partial charge in [0.05, 0.1) is 0 Å². The molecule has 0 spiro atoms. The molecule has 0 aromatic heterocycles. The molecule has 0 saturated heterocycles. The molecule has 0 aromatic rings. The zero-order valence-corrected chi connectivity index (χ0v) is 7.72. The van der Waals surface area contributed by atoms with Crippen molar-refractivity contribution in [3.05, 3.63) is 47.9 Å². The van der Waals surface area contributed by atoms with Crippen molar-refractivity contribution < 1.29 is 0 Å². The van der Waals surface area contributed by atoms with E-state index in [9.17, 15) is 0 Å². The summed E-state index contributed by atoms with van der Waals surface area (Å²) in [7, 11) is 0. The summed E-state index contributed by atoms with van der Waals surface area (Å²) in [4.78, 5) is 0. The van der Waals surface area contributed by atoms with Crippen molar-refractivity contribution in [3.8, 4) is 0 Å². The fourth-order valence-corrected chi connectivity index (χ4v) is 1.03. The van der Waals surface area contributed by atoms with E-state index >= 15 is 0 Å². The van der Waals surface area contributed by atoms with Gasteiger partial charge in [-0.15, -0.1) is 0 Å². The summed E-state index contributed by atoms with van der Waals surface area (Å²) in [5.41, 5.74) is 14.0. The van der Waals surface area contributed by atoms with Crippen LogP contribution in [0.25, 0.3) is 0 Å². The lowest BCUT2D eigenvalue weighted by molar-refractivity contribution is 1.19. The van der Waals surface area contributed by atoms with E-state index in [2.05, 4.69) is 13.2 Å². The summed E-state index contributed by atoms with van der Waals surface area (Å²) >= 11 is 0. The topological polar surface area (TPSA) is 52.0 Å². The van der Waals surface area contributed by atoms with Gasteiger partial charge in [0, 0.05) is 17.0 Å². The summed E-state index contributed by atoms with van der Waals surface area (Å²) in [5, 5.41) is 0. The molecule has 0 bridgehead atoms. The van der Waals surface area contributed by atoms with Crippen LogP contribution in [0.5, 0.6) is 0 Å². The molecule has 0 unspecified atom stereocenters. The Labute approximate surface area is 73.9 Å². The first-order chi connectivity index (χ1) is 5.54. The van der Waals surface area contributed by atoms with Gasteiger partial charge < -0.3 is 11.5 Å². The highest BCUT2D eigenvalue weighted by Crippen LogP contribution is 2.17. The number of hydrogen-bond donors (Lipinski definition) is 2. The lowest BCUT2D eigenvalue weighted by Gasteiger charge is -2.09. The van der Waals surface area contributed by atoms with Gasteiger partial charge in [0.25, 0.3) is 0 Å². The van der Waals surface area contributed by atoms with Crippen molar-refractivity contribution in [1.82, 2.24) is 0 Å². The number of allylic oxidation sites excluding steroid dienone is 4. The Kier molecular flexibility index (Phi) is 3.91. The Hall–Kier alpha value is -1.44. The molecule has 66 valence electrons. The normalized spacial score (nSPS) is 13.7. The summed E-state index contributed by atoms with van der Waals surface area (Å²) in [6.07, 6.45) is 3.61. The predicted octanol–water partition coefficient (Wildman–Crippen LogP) is 1.82. The average molecular weight is 164 g/mol. The molecule has 0 atom stereocenters. The smallest absolute Gasteiger partial charge is 0.0337 e. The maximum absolute atomic E-state index is 5.64. The molecule has 0 saturated carbocycles. The van der Waals surface area contributed by atoms with Crippen molar-refractivity contribution in [3.63, 3.8) is 0 Å². The third kappa shape index (κ3) is 2.31. The van der Waals surface area contributed by atoms with Crippen LogP contribution in [0.2, 0.25) is 0 Å². The molecular formula is C10H16N2. The van der Waals surface area contributed by atoms with Gasteiger partial charge in [-0.2, -0.15) is 0 Å². The largest absolute Gasteiger partial charge is 0.402 e. The minimum absolute atomic E-state index is 0.475. The van der Waals surface area contributed by atoms with E-state index < -0.39 is 0 Å². The number of nitrogens with two attached hydrogens (primary N) is 2. The second kappa shape index (κ2) is 4.44. The first-order valence-electron chi connectivity index (χ1n) is 3.74. The van der Waals surface area contributed by atoms with Gasteiger partial charge in [-0.05, 0) is 19.4 Å². The van der Waals surface area contributed by atoms with Crippen molar-refractivity contribution in [2.45, 2.75) is 13.8 Å². The average Bonchev–Trinajstić information content (AvgIpc) is 1.98. The first-order valence-corrected chi connectivity index (χ1v) is 3.74. The Balaban J connectivity index is 5.16. The summed E-state index contributed by atoms with van der Waals surface area (Å²) in [6, 6.07) is 0. The van der Waals surface area contributed by atoms with E-state index in [4.69, 9.17) is 11.5 Å². The van der Waals surface area contributed by atoms with Crippen LogP contribution in [-0.4, -0.2) is 0 Å². The Bertz CT molecular complexity index is 253. The van der Waals surface area contributed by atoms with E-state index in [1.807, 2.05) is 13.0 Å². The quantitative estimate of drug-likeness (QED) is 0.625. The Morgan fingerprint density at radius 3 is 1.92 bits per heavy atom. The van der Waals surface area contributed by atoms with Crippen molar-refractivity contribution in [1.29, 1.82) is 0 Å². The highest BCUT2D eigenvalue weighted by atomic mass is 14.6. The van der Waals surface area contributed by atoms with Gasteiger partial charge in [-0.3, -0.25) is 0 Å². The minimum atomic E-state index is 0.475. The molecule has 0 aliphatic heterocycles. The molecule has 0 aromatic carbocycles. The highest BCUT2D eigenvalue weighted by Gasteiger charge is 2.04. The van der Waals surface area contributed by atoms with E-state index in [1.54, 1.807) is 13.0 Å². The highest BCUT2D eigenvalue weighted by molar-refractivity contribution is 5.50. The van der Waals surface area contributed by atoms with E-state index in [0.29, 0.717) is 11.4 Å². The van der Waals surface area contributed by atoms with Gasteiger partial charge in [-0.1, -0.05) is 25.3 Å². The molecule has 12 heavy (non-hydrogen) atoms. The van der Waals surface area contributed by atoms with Crippen LogP contribution in [0.1, 0.15) is 13.8 Å². The zero-order valence-electron chi connectivity index (χ0n) is 7.72. The molecule has 0 aliphatic carbocycles. The lowest BCUT2D eigenvalue weighted by atomic mass is 10.0. The first kappa shape index (κ1) is 10.6. The lowest BCUT2D eigenvalue weighted by Crippen LogP contribution is -2.07. The minimum Gasteiger partial charge on any atom is -0.402 e. The molecule has 0 heterocycles. The standard InChI is InChI=1S/C10H16N2/c1-5-9(6-2)10(7(3)11)8(4)12/h5-6H,1,3,11-12H2,2,4H3/b9-6+,10-8-. The van der Waals surface area contributed by atoms with Crippen LogP contribution in [0.3, 0.4) is 0 Å². The summed E-state index contributed by atoms with van der Waals surface area (Å²) in [6.45, 7) is 11.0. The molecule has 0 amide bonds. The summed E-state index contributed by atoms with van der Waals surface area (Å²) < 4.78 is 0. The number of rotatable bonds is 3. The Morgan fingerprint density at radius 1 is 1.33 bits per heavy atom. The van der Waals surface area contributed by atoms with Crippen LogP contribution < -0.4 is 11.5 Å². The van der Waals surface area contributed by atoms with Crippen LogP contribution in [0.15, 0.2) is 47.9 Å². The van der Waals surface area contributed by atoms with E-state index in [-0.39, 0.29) is 0 Å². The molecule has 4 N–H and O–H groups in total. The van der Waals surface area contributed by atoms with Gasteiger partial charge in [0.1, 0.15) is 0 Å². The van der Waals surface area contributed by atoms with Crippen LogP contribution >= 0.6 is 0 Å². The monoisotopic (exact) mass is 164 g/mol. The van der Waals surface area contributed by atoms with Gasteiger partial charge in [0.2, 0.25) is 0 Å². The Morgan fingerprint density at radius 2 is 1.83 bits per heavy atom. The van der Waals surface area contributed by atoms with Crippen LogP contribution in [0, 0.1) is 0 Å². The SMILES string of the molecule is C=CC(=C\C)/C(C(=C)N)=C(/C)N. The van der Waals surface area contributed by atoms with E-state index in [0.717, 1.165) is 11.1 Å².